The summed E-state index contributed by atoms with van der Waals surface area (Å²) in [4.78, 5) is 18.9. The van der Waals surface area contributed by atoms with E-state index in [0.717, 1.165) is 38.6 Å². The summed E-state index contributed by atoms with van der Waals surface area (Å²) in [5, 5.41) is 9.43. The molecule has 0 radical (unpaired) electrons. The van der Waals surface area contributed by atoms with E-state index in [0.29, 0.717) is 18.5 Å². The van der Waals surface area contributed by atoms with Crippen LogP contribution >= 0.6 is 24.0 Å². The molecule has 1 atom stereocenters. The normalized spacial score (nSPS) is 18.4. The molecule has 1 rings (SSSR count). The number of ether oxygens (including phenoxy) is 1. The molecule has 1 saturated heterocycles. The molecule has 0 aromatic carbocycles. The second-order valence-electron chi connectivity index (χ2n) is 8.53. The van der Waals surface area contributed by atoms with Gasteiger partial charge in [-0.1, -0.05) is 0 Å². The lowest BCUT2D eigenvalue weighted by molar-refractivity contribution is 0.0527. The Hall–Kier alpha value is -0.770. The summed E-state index contributed by atoms with van der Waals surface area (Å²) in [6.45, 7) is 17.6. The third-order valence-electron chi connectivity index (χ3n) is 4.45. The molecule has 7 nitrogen and oxygen atoms in total. The molecule has 166 valence electrons. The fraction of sp³-hybridized carbons (Fsp3) is 0.900. The van der Waals surface area contributed by atoms with Crippen molar-refractivity contribution in [3.63, 3.8) is 0 Å². The summed E-state index contributed by atoms with van der Waals surface area (Å²) in [5.41, 5.74) is -0.461. The third kappa shape index (κ3) is 12.6. The number of aliphatic imine (C=N–C) groups is 1. The highest BCUT2D eigenvalue weighted by molar-refractivity contribution is 14.0. The zero-order chi connectivity index (χ0) is 20.3. The van der Waals surface area contributed by atoms with E-state index in [9.17, 15) is 4.79 Å². The molecule has 0 saturated carbocycles. The fourth-order valence-electron chi connectivity index (χ4n) is 3.08. The number of nitrogens with zero attached hydrogens (tertiary/aromatic N) is 2. The monoisotopic (exact) mass is 511 g/mol. The van der Waals surface area contributed by atoms with Gasteiger partial charge in [-0.05, 0) is 73.3 Å². The Morgan fingerprint density at radius 2 is 1.89 bits per heavy atom. The molecule has 0 aromatic rings. The van der Waals surface area contributed by atoms with E-state index < -0.39 is 5.60 Å². The summed E-state index contributed by atoms with van der Waals surface area (Å²) in [6, 6.07) is 0.612. The molecule has 1 heterocycles. The van der Waals surface area contributed by atoms with E-state index in [1.165, 1.54) is 19.4 Å². The van der Waals surface area contributed by atoms with Crippen molar-refractivity contribution in [2.45, 2.75) is 72.4 Å². The molecule has 8 heteroatoms. The average Bonchev–Trinajstić information content (AvgIpc) is 2.58. The van der Waals surface area contributed by atoms with Crippen LogP contribution in [0.2, 0.25) is 0 Å². The van der Waals surface area contributed by atoms with Crippen LogP contribution in [0.1, 0.15) is 60.8 Å². The van der Waals surface area contributed by atoms with Gasteiger partial charge in [-0.15, -0.1) is 24.0 Å². The number of likely N-dealkylation sites (tertiary alicyclic amines) is 1. The van der Waals surface area contributed by atoms with Gasteiger partial charge in [-0.25, -0.2) is 4.79 Å². The predicted molar refractivity (Wildman–Crippen MR) is 128 cm³/mol. The largest absolute Gasteiger partial charge is 0.444 e. The maximum atomic E-state index is 11.6. The molecule has 0 aromatic heterocycles. The number of hydrogen-bond donors (Lipinski definition) is 3. The van der Waals surface area contributed by atoms with Crippen LogP contribution < -0.4 is 16.0 Å². The first-order valence-corrected chi connectivity index (χ1v) is 10.4. The minimum Gasteiger partial charge on any atom is -0.444 e. The van der Waals surface area contributed by atoms with Gasteiger partial charge in [0.25, 0.3) is 0 Å². The van der Waals surface area contributed by atoms with Crippen molar-refractivity contribution < 1.29 is 9.53 Å². The van der Waals surface area contributed by atoms with Gasteiger partial charge >= 0.3 is 6.09 Å². The van der Waals surface area contributed by atoms with E-state index in [2.05, 4.69) is 41.6 Å². The lowest BCUT2D eigenvalue weighted by Crippen LogP contribution is -2.42. The average molecular weight is 511 g/mol. The van der Waals surface area contributed by atoms with Gasteiger partial charge in [-0.3, -0.25) is 4.99 Å². The van der Waals surface area contributed by atoms with Crippen molar-refractivity contribution in [2.75, 3.05) is 39.3 Å². The van der Waals surface area contributed by atoms with Crippen LogP contribution in [-0.2, 0) is 4.74 Å². The van der Waals surface area contributed by atoms with Crippen molar-refractivity contribution in [2.24, 2.45) is 10.9 Å². The van der Waals surface area contributed by atoms with Crippen LogP contribution in [0.15, 0.2) is 4.99 Å². The van der Waals surface area contributed by atoms with Crippen LogP contribution in [-0.4, -0.2) is 67.9 Å². The predicted octanol–water partition coefficient (Wildman–Crippen LogP) is 3.19. The highest BCUT2D eigenvalue weighted by Crippen LogP contribution is 2.18. The highest BCUT2D eigenvalue weighted by Gasteiger charge is 2.21. The van der Waals surface area contributed by atoms with Crippen LogP contribution in [0, 0.1) is 5.92 Å². The Bertz CT molecular complexity index is 466. The summed E-state index contributed by atoms with van der Waals surface area (Å²) in [6.07, 6.45) is 2.97. The lowest BCUT2D eigenvalue weighted by atomic mass is 9.97. The topological polar surface area (TPSA) is 78.0 Å². The number of rotatable bonds is 8. The number of carbonyl (C=O) groups is 1. The van der Waals surface area contributed by atoms with Crippen LogP contribution in [0.4, 0.5) is 4.79 Å². The third-order valence-corrected chi connectivity index (χ3v) is 4.45. The number of amides is 1. The van der Waals surface area contributed by atoms with Crippen molar-refractivity contribution in [1.82, 2.24) is 20.9 Å². The Morgan fingerprint density at radius 3 is 2.50 bits per heavy atom. The van der Waals surface area contributed by atoms with Crippen LogP contribution in [0.3, 0.4) is 0 Å². The van der Waals surface area contributed by atoms with Gasteiger partial charge < -0.3 is 25.6 Å². The molecule has 1 unspecified atom stereocenters. The van der Waals surface area contributed by atoms with Crippen LogP contribution in [0.25, 0.3) is 0 Å². The number of piperidine rings is 1. The number of alkyl carbamates (subject to hydrolysis) is 1. The molecule has 0 aliphatic carbocycles. The molecule has 28 heavy (non-hydrogen) atoms. The number of carbonyl (C=O) groups excluding carboxylic acids is 1. The van der Waals surface area contributed by atoms with Gasteiger partial charge in [0.1, 0.15) is 5.60 Å². The molecule has 0 bridgehead atoms. The van der Waals surface area contributed by atoms with Crippen molar-refractivity contribution >= 4 is 36.0 Å². The molecule has 1 fully saturated rings. The Kier molecular flexibility index (Phi) is 13.9. The SMILES string of the molecule is CCNC(=NCC1CCCN(C(C)C)C1)NCCCNC(=O)OC(C)(C)C.I. The number of nitrogens with one attached hydrogen (secondary N) is 3. The first kappa shape index (κ1) is 27.2. The first-order valence-electron chi connectivity index (χ1n) is 10.4. The van der Waals surface area contributed by atoms with E-state index in [1.807, 2.05) is 20.8 Å². The fourth-order valence-corrected chi connectivity index (χ4v) is 3.08. The minimum atomic E-state index is -0.461. The van der Waals surface area contributed by atoms with Gasteiger partial charge in [0.2, 0.25) is 0 Å². The summed E-state index contributed by atoms with van der Waals surface area (Å²) < 4.78 is 5.22. The molecule has 1 aliphatic rings. The van der Waals surface area contributed by atoms with Crippen molar-refractivity contribution in [1.29, 1.82) is 0 Å². The zero-order valence-corrected chi connectivity index (χ0v) is 21.0. The van der Waals surface area contributed by atoms with Gasteiger partial charge in [0, 0.05) is 38.8 Å². The standard InChI is InChI=1S/C20H41N5O2.HI/c1-7-21-18(22-11-9-12-23-19(26)27-20(4,5)6)24-14-17-10-8-13-25(15-17)16(2)3;/h16-17H,7-15H2,1-6H3,(H,23,26)(H2,21,22,24);1H. The summed E-state index contributed by atoms with van der Waals surface area (Å²) >= 11 is 0. The summed E-state index contributed by atoms with van der Waals surface area (Å²) in [5.74, 6) is 1.49. The molecular formula is C20H42IN5O2. The lowest BCUT2D eigenvalue weighted by Gasteiger charge is -2.34. The van der Waals surface area contributed by atoms with Gasteiger partial charge in [0.15, 0.2) is 5.96 Å². The van der Waals surface area contributed by atoms with Crippen LogP contribution in [0.5, 0.6) is 0 Å². The Balaban J connectivity index is 0.00000729. The number of halogens is 1. The zero-order valence-electron chi connectivity index (χ0n) is 18.6. The quantitative estimate of drug-likeness (QED) is 0.202. The van der Waals surface area contributed by atoms with Crippen molar-refractivity contribution in [3.8, 4) is 0 Å². The minimum absolute atomic E-state index is 0. The molecule has 3 N–H and O–H groups in total. The van der Waals surface area contributed by atoms with E-state index in [1.54, 1.807) is 0 Å². The van der Waals surface area contributed by atoms with Gasteiger partial charge in [-0.2, -0.15) is 0 Å². The second kappa shape index (κ2) is 14.3. The van der Waals surface area contributed by atoms with E-state index >= 15 is 0 Å². The first-order chi connectivity index (χ1) is 12.7. The van der Waals surface area contributed by atoms with Gasteiger partial charge in [0.05, 0.1) is 0 Å². The molecule has 1 aliphatic heterocycles. The maximum absolute atomic E-state index is 11.6. The summed E-state index contributed by atoms with van der Waals surface area (Å²) in [7, 11) is 0. The molecule has 1 amide bonds. The van der Waals surface area contributed by atoms with E-state index in [-0.39, 0.29) is 30.1 Å². The molecule has 0 spiro atoms. The number of guanidine groups is 1. The Labute approximate surface area is 188 Å². The van der Waals surface area contributed by atoms with Crippen molar-refractivity contribution in [3.05, 3.63) is 0 Å². The maximum Gasteiger partial charge on any atom is 0.407 e. The Morgan fingerprint density at radius 1 is 1.21 bits per heavy atom. The number of hydrogen-bond acceptors (Lipinski definition) is 4. The highest BCUT2D eigenvalue weighted by atomic mass is 127. The smallest absolute Gasteiger partial charge is 0.407 e. The van der Waals surface area contributed by atoms with E-state index in [4.69, 9.17) is 9.73 Å². The second-order valence-corrected chi connectivity index (χ2v) is 8.53. The molecular weight excluding hydrogens is 469 g/mol.